The first-order chi connectivity index (χ1) is 12.6. The fourth-order valence-electron chi connectivity index (χ4n) is 2.82. The summed E-state index contributed by atoms with van der Waals surface area (Å²) in [6.45, 7) is 9.34. The molecule has 0 spiro atoms. The molecule has 0 saturated carbocycles. The van der Waals surface area contributed by atoms with Gasteiger partial charge >= 0.3 is 0 Å². The summed E-state index contributed by atoms with van der Waals surface area (Å²) in [7, 11) is 0. The molecule has 0 atom stereocenters. The third-order valence-corrected chi connectivity index (χ3v) is 6.25. The van der Waals surface area contributed by atoms with Gasteiger partial charge in [0.25, 0.3) is 0 Å². The van der Waals surface area contributed by atoms with Crippen LogP contribution in [0.4, 0.5) is 0 Å². The first-order valence-electron chi connectivity index (χ1n) is 9.46. The van der Waals surface area contributed by atoms with Gasteiger partial charge in [-0.2, -0.15) is 0 Å². The van der Waals surface area contributed by atoms with E-state index in [0.717, 1.165) is 61.5 Å². The van der Waals surface area contributed by atoms with E-state index < -0.39 is 0 Å². The monoisotopic (exact) mass is 525 g/mol. The quantitative estimate of drug-likeness (QED) is 0.179. The topological polar surface area (TPSA) is 69.6 Å². The zero-order chi connectivity index (χ0) is 18.8. The van der Waals surface area contributed by atoms with Crippen molar-refractivity contribution in [1.82, 2.24) is 20.5 Å². The molecule has 2 rings (SSSR count). The van der Waals surface area contributed by atoms with Crippen molar-refractivity contribution in [3.05, 3.63) is 11.6 Å². The highest BCUT2D eigenvalue weighted by atomic mass is 127. The van der Waals surface area contributed by atoms with Gasteiger partial charge in [0, 0.05) is 55.5 Å². The summed E-state index contributed by atoms with van der Waals surface area (Å²) >= 11 is 3.48. The van der Waals surface area contributed by atoms with E-state index in [0.29, 0.717) is 6.04 Å². The van der Waals surface area contributed by atoms with Crippen LogP contribution in [0.25, 0.3) is 0 Å². The predicted octanol–water partition coefficient (Wildman–Crippen LogP) is 3.45. The van der Waals surface area contributed by atoms with Crippen LogP contribution in [0, 0.1) is 5.92 Å². The fraction of sp³-hybridized carbons (Fsp3) is 0.722. The lowest BCUT2D eigenvalue weighted by atomic mass is 10.0. The maximum Gasteiger partial charge on any atom is 0.225 e. The van der Waals surface area contributed by atoms with Crippen molar-refractivity contribution in [2.45, 2.75) is 50.4 Å². The third kappa shape index (κ3) is 8.99. The second-order valence-electron chi connectivity index (χ2n) is 6.66. The maximum absolute atomic E-state index is 12.1. The SMILES string of the molecule is CCNC(=NCCCSc1nccs1)NC1CCN(C(=O)C(C)C)CC1.I. The normalized spacial score (nSPS) is 15.6. The van der Waals surface area contributed by atoms with Crippen LogP contribution in [0.15, 0.2) is 20.9 Å². The van der Waals surface area contributed by atoms with Gasteiger partial charge in [-0.3, -0.25) is 9.79 Å². The first kappa shape index (κ1) is 24.5. The number of guanidine groups is 1. The molecule has 27 heavy (non-hydrogen) atoms. The molecule has 1 fully saturated rings. The Hall–Kier alpha value is -0.550. The molecule has 1 amide bonds. The Morgan fingerprint density at radius 1 is 1.44 bits per heavy atom. The molecule has 154 valence electrons. The number of amides is 1. The molecule has 1 aromatic rings. The number of nitrogens with one attached hydrogen (secondary N) is 2. The Bertz CT molecular complexity index is 560. The molecule has 1 aliphatic rings. The zero-order valence-corrected chi connectivity index (χ0v) is 20.4. The van der Waals surface area contributed by atoms with Crippen LogP contribution in [0.5, 0.6) is 0 Å². The summed E-state index contributed by atoms with van der Waals surface area (Å²) in [5.74, 6) is 2.27. The Labute approximate surface area is 188 Å². The number of carbonyl (C=O) groups is 1. The molecule has 0 unspecified atom stereocenters. The molecule has 1 saturated heterocycles. The van der Waals surface area contributed by atoms with Crippen molar-refractivity contribution >= 4 is 58.9 Å². The Morgan fingerprint density at radius 2 is 2.19 bits per heavy atom. The molecule has 2 N–H and O–H groups in total. The molecule has 9 heteroatoms. The van der Waals surface area contributed by atoms with Crippen molar-refractivity contribution in [2.75, 3.05) is 31.9 Å². The van der Waals surface area contributed by atoms with Gasteiger partial charge in [-0.15, -0.1) is 35.3 Å². The van der Waals surface area contributed by atoms with E-state index in [4.69, 9.17) is 4.99 Å². The summed E-state index contributed by atoms with van der Waals surface area (Å²) < 4.78 is 1.13. The van der Waals surface area contributed by atoms with Gasteiger partial charge in [-0.25, -0.2) is 4.98 Å². The molecule has 2 heterocycles. The van der Waals surface area contributed by atoms with Gasteiger partial charge < -0.3 is 15.5 Å². The van der Waals surface area contributed by atoms with Crippen molar-refractivity contribution in [2.24, 2.45) is 10.9 Å². The predicted molar refractivity (Wildman–Crippen MR) is 126 cm³/mol. The lowest BCUT2D eigenvalue weighted by molar-refractivity contribution is -0.135. The highest BCUT2D eigenvalue weighted by molar-refractivity contribution is 14.0. The smallest absolute Gasteiger partial charge is 0.225 e. The van der Waals surface area contributed by atoms with Gasteiger partial charge in [0.1, 0.15) is 4.34 Å². The molecule has 0 bridgehead atoms. The lowest BCUT2D eigenvalue weighted by Gasteiger charge is -2.34. The third-order valence-electron chi connectivity index (χ3n) is 4.19. The van der Waals surface area contributed by atoms with E-state index >= 15 is 0 Å². The van der Waals surface area contributed by atoms with E-state index in [1.54, 1.807) is 23.1 Å². The van der Waals surface area contributed by atoms with Crippen LogP contribution in [-0.2, 0) is 4.79 Å². The molecule has 1 aliphatic heterocycles. The summed E-state index contributed by atoms with van der Waals surface area (Å²) in [6, 6.07) is 0.383. The van der Waals surface area contributed by atoms with Crippen LogP contribution in [0.2, 0.25) is 0 Å². The number of thiazole rings is 1. The molecular weight excluding hydrogens is 493 g/mol. The number of aliphatic imine (C=N–C) groups is 1. The molecule has 0 radical (unpaired) electrons. The zero-order valence-electron chi connectivity index (χ0n) is 16.4. The molecule has 6 nitrogen and oxygen atoms in total. The Kier molecular flexibility index (Phi) is 12.3. The van der Waals surface area contributed by atoms with Gasteiger partial charge in [-0.05, 0) is 26.2 Å². The van der Waals surface area contributed by atoms with Gasteiger partial charge in [-0.1, -0.05) is 25.6 Å². The summed E-state index contributed by atoms with van der Waals surface area (Å²) in [5.41, 5.74) is 0. The van der Waals surface area contributed by atoms with Crippen molar-refractivity contribution in [3.63, 3.8) is 0 Å². The number of hydrogen-bond acceptors (Lipinski definition) is 5. The van der Waals surface area contributed by atoms with E-state index in [2.05, 4.69) is 22.5 Å². The van der Waals surface area contributed by atoms with E-state index in [1.807, 2.05) is 30.3 Å². The summed E-state index contributed by atoms with van der Waals surface area (Å²) in [6.07, 6.45) is 4.83. The van der Waals surface area contributed by atoms with Crippen molar-refractivity contribution in [1.29, 1.82) is 0 Å². The minimum atomic E-state index is 0. The van der Waals surface area contributed by atoms with Crippen LogP contribution in [-0.4, -0.2) is 59.7 Å². The number of piperidine rings is 1. The summed E-state index contributed by atoms with van der Waals surface area (Å²) in [4.78, 5) is 23.0. The molecule has 1 aromatic heterocycles. The van der Waals surface area contributed by atoms with Crippen LogP contribution < -0.4 is 10.6 Å². The molecule has 0 aromatic carbocycles. The largest absolute Gasteiger partial charge is 0.357 e. The van der Waals surface area contributed by atoms with E-state index in [-0.39, 0.29) is 35.8 Å². The fourth-order valence-corrected chi connectivity index (χ4v) is 4.45. The number of carbonyl (C=O) groups excluding carboxylic acids is 1. The van der Waals surface area contributed by atoms with Crippen LogP contribution in [0.3, 0.4) is 0 Å². The number of hydrogen-bond donors (Lipinski definition) is 2. The number of rotatable bonds is 8. The maximum atomic E-state index is 12.1. The van der Waals surface area contributed by atoms with E-state index in [1.165, 1.54) is 0 Å². The number of aromatic nitrogens is 1. The number of nitrogens with zero attached hydrogens (tertiary/aromatic N) is 3. The second-order valence-corrected chi connectivity index (χ2v) is 8.90. The minimum absolute atomic E-state index is 0. The molecule has 0 aliphatic carbocycles. The molecular formula is C18H32IN5OS2. The number of thioether (sulfide) groups is 1. The Morgan fingerprint density at radius 3 is 2.78 bits per heavy atom. The lowest BCUT2D eigenvalue weighted by Crippen LogP contribution is -2.50. The summed E-state index contributed by atoms with van der Waals surface area (Å²) in [5, 5.41) is 8.87. The van der Waals surface area contributed by atoms with Crippen LogP contribution >= 0.6 is 47.1 Å². The van der Waals surface area contributed by atoms with Gasteiger partial charge in [0.05, 0.1) is 0 Å². The average molecular weight is 526 g/mol. The average Bonchev–Trinajstić information content (AvgIpc) is 3.15. The minimum Gasteiger partial charge on any atom is -0.357 e. The number of likely N-dealkylation sites (tertiary alicyclic amines) is 1. The van der Waals surface area contributed by atoms with Crippen molar-refractivity contribution < 1.29 is 4.79 Å². The van der Waals surface area contributed by atoms with E-state index in [9.17, 15) is 4.79 Å². The standard InChI is InChI=1S/C18H31N5OS2.HI/c1-4-19-17(20-8-5-12-25-18-21-9-13-26-18)22-15-6-10-23(11-7-15)16(24)14(2)3;/h9,13-15H,4-8,10-12H2,1-3H3,(H2,19,20,22);1H. The first-order valence-corrected chi connectivity index (χ1v) is 11.3. The second kappa shape index (κ2) is 13.6. The van der Waals surface area contributed by atoms with Gasteiger partial charge in [0.2, 0.25) is 5.91 Å². The number of halogens is 1. The van der Waals surface area contributed by atoms with Crippen molar-refractivity contribution in [3.8, 4) is 0 Å². The van der Waals surface area contributed by atoms with Crippen LogP contribution in [0.1, 0.15) is 40.0 Å². The highest BCUT2D eigenvalue weighted by Crippen LogP contribution is 2.20. The highest BCUT2D eigenvalue weighted by Gasteiger charge is 2.24. The Balaban J connectivity index is 0.00000364. The van der Waals surface area contributed by atoms with Gasteiger partial charge in [0.15, 0.2) is 5.96 Å².